The van der Waals surface area contributed by atoms with Crippen LogP contribution in [0.2, 0.25) is 0 Å². The van der Waals surface area contributed by atoms with E-state index in [1.54, 1.807) is 4.90 Å². The molecule has 0 bridgehead atoms. The molecule has 0 radical (unpaired) electrons. The van der Waals surface area contributed by atoms with E-state index in [4.69, 9.17) is 21.1 Å². The molecular formula is C13H24ClNO3. The van der Waals surface area contributed by atoms with Gasteiger partial charge in [0.15, 0.2) is 6.29 Å². The molecule has 4 nitrogen and oxygen atoms in total. The zero-order valence-corrected chi connectivity index (χ0v) is 12.3. The first-order chi connectivity index (χ1) is 8.54. The van der Waals surface area contributed by atoms with E-state index in [2.05, 4.69) is 20.8 Å². The second-order valence-corrected chi connectivity index (χ2v) is 5.44. The molecule has 18 heavy (non-hydrogen) atoms. The van der Waals surface area contributed by atoms with Gasteiger partial charge in [-0.15, -0.1) is 11.6 Å². The molecule has 0 N–H and O–H groups in total. The minimum atomic E-state index is -0.293. The molecule has 1 aliphatic heterocycles. The fourth-order valence-corrected chi connectivity index (χ4v) is 2.16. The fourth-order valence-electron chi connectivity index (χ4n) is 2.01. The van der Waals surface area contributed by atoms with Gasteiger partial charge in [0.25, 0.3) is 0 Å². The molecule has 5 heteroatoms. The van der Waals surface area contributed by atoms with Gasteiger partial charge >= 0.3 is 0 Å². The molecule has 1 aliphatic rings. The van der Waals surface area contributed by atoms with Gasteiger partial charge in [0.2, 0.25) is 5.91 Å². The Morgan fingerprint density at radius 2 is 1.89 bits per heavy atom. The van der Waals surface area contributed by atoms with Gasteiger partial charge in [-0.05, 0) is 25.7 Å². The molecule has 0 aliphatic carbocycles. The third kappa shape index (κ3) is 5.12. The van der Waals surface area contributed by atoms with Crippen molar-refractivity contribution in [1.82, 2.24) is 4.90 Å². The Morgan fingerprint density at radius 1 is 1.28 bits per heavy atom. The summed E-state index contributed by atoms with van der Waals surface area (Å²) in [7, 11) is 0. The average Bonchev–Trinajstić information content (AvgIpc) is 2.85. The zero-order valence-electron chi connectivity index (χ0n) is 11.5. The number of ether oxygens (including phenoxy) is 2. The standard InChI is InChI=1S/C13H24ClNO3/c1-10(2)4-5-11(3)15(12(16)8-14)9-13-17-6-7-18-13/h10-11,13H,4-9H2,1-3H3. The summed E-state index contributed by atoms with van der Waals surface area (Å²) in [5.74, 6) is 0.602. The van der Waals surface area contributed by atoms with Crippen LogP contribution in [0.3, 0.4) is 0 Å². The quantitative estimate of drug-likeness (QED) is 0.670. The van der Waals surface area contributed by atoms with E-state index in [1.807, 2.05) is 0 Å². The fraction of sp³-hybridized carbons (Fsp3) is 0.923. The van der Waals surface area contributed by atoms with Gasteiger partial charge in [-0.3, -0.25) is 4.79 Å². The van der Waals surface area contributed by atoms with Crippen LogP contribution in [0.4, 0.5) is 0 Å². The molecule has 1 unspecified atom stereocenters. The van der Waals surface area contributed by atoms with Crippen LogP contribution in [-0.4, -0.2) is 48.8 Å². The van der Waals surface area contributed by atoms with Gasteiger partial charge in [0, 0.05) is 6.04 Å². The van der Waals surface area contributed by atoms with Gasteiger partial charge < -0.3 is 14.4 Å². The molecule has 1 atom stereocenters. The minimum absolute atomic E-state index is 0.0126. The van der Waals surface area contributed by atoms with E-state index in [9.17, 15) is 4.79 Å². The van der Waals surface area contributed by atoms with Gasteiger partial charge in [0.05, 0.1) is 19.8 Å². The van der Waals surface area contributed by atoms with Crippen LogP contribution in [0.1, 0.15) is 33.6 Å². The van der Waals surface area contributed by atoms with Gasteiger partial charge in [-0.25, -0.2) is 0 Å². The molecule has 1 fully saturated rings. The van der Waals surface area contributed by atoms with Crippen molar-refractivity contribution in [2.45, 2.75) is 45.9 Å². The topological polar surface area (TPSA) is 38.8 Å². The number of amides is 1. The van der Waals surface area contributed by atoms with Crippen molar-refractivity contribution in [1.29, 1.82) is 0 Å². The normalized spacial score (nSPS) is 18.3. The first-order valence-corrected chi connectivity index (χ1v) is 7.16. The average molecular weight is 278 g/mol. The highest BCUT2D eigenvalue weighted by atomic mass is 35.5. The predicted molar refractivity (Wildman–Crippen MR) is 71.7 cm³/mol. The van der Waals surface area contributed by atoms with E-state index in [0.717, 1.165) is 12.8 Å². The molecule has 1 heterocycles. The Hall–Kier alpha value is -0.320. The van der Waals surface area contributed by atoms with Crippen molar-refractivity contribution in [2.75, 3.05) is 25.6 Å². The maximum absolute atomic E-state index is 11.9. The van der Waals surface area contributed by atoms with Gasteiger partial charge in [0.1, 0.15) is 5.88 Å². The predicted octanol–water partition coefficient (Wildman–Crippen LogP) is 2.25. The van der Waals surface area contributed by atoms with Crippen molar-refractivity contribution < 1.29 is 14.3 Å². The highest BCUT2D eigenvalue weighted by Crippen LogP contribution is 2.15. The lowest BCUT2D eigenvalue weighted by Gasteiger charge is -2.30. The Labute approximate surface area is 115 Å². The van der Waals surface area contributed by atoms with Gasteiger partial charge in [-0.2, -0.15) is 0 Å². The third-order valence-electron chi connectivity index (χ3n) is 3.17. The molecule has 0 saturated carbocycles. The summed E-state index contributed by atoms with van der Waals surface area (Å²) in [6.07, 6.45) is 1.78. The van der Waals surface area contributed by atoms with E-state index in [-0.39, 0.29) is 24.1 Å². The molecule has 0 spiro atoms. The van der Waals surface area contributed by atoms with Crippen LogP contribution in [0.5, 0.6) is 0 Å². The first kappa shape index (κ1) is 15.7. The molecular weight excluding hydrogens is 254 g/mol. The summed E-state index contributed by atoms with van der Waals surface area (Å²) in [6.45, 7) is 8.11. The van der Waals surface area contributed by atoms with Crippen molar-refractivity contribution >= 4 is 17.5 Å². The van der Waals surface area contributed by atoms with E-state index >= 15 is 0 Å². The van der Waals surface area contributed by atoms with Crippen LogP contribution in [-0.2, 0) is 14.3 Å². The number of rotatable bonds is 7. The SMILES string of the molecule is CC(C)CCC(C)N(CC1OCCO1)C(=O)CCl. The summed E-state index contributed by atoms with van der Waals surface area (Å²) in [5, 5.41) is 0. The molecule has 106 valence electrons. The number of alkyl halides is 1. The van der Waals surface area contributed by atoms with Crippen molar-refractivity contribution in [3.63, 3.8) is 0 Å². The molecule has 0 aromatic rings. The molecule has 1 amide bonds. The lowest BCUT2D eigenvalue weighted by atomic mass is 10.0. The van der Waals surface area contributed by atoms with Crippen LogP contribution < -0.4 is 0 Å². The summed E-state index contributed by atoms with van der Waals surface area (Å²) in [5.41, 5.74) is 0. The second kappa shape index (κ2) is 7.97. The summed E-state index contributed by atoms with van der Waals surface area (Å²) in [4.78, 5) is 13.7. The largest absolute Gasteiger partial charge is 0.348 e. The first-order valence-electron chi connectivity index (χ1n) is 6.63. The number of hydrogen-bond donors (Lipinski definition) is 0. The maximum atomic E-state index is 11.9. The van der Waals surface area contributed by atoms with E-state index in [0.29, 0.717) is 25.7 Å². The summed E-state index contributed by atoms with van der Waals surface area (Å²) < 4.78 is 10.8. The monoisotopic (exact) mass is 277 g/mol. The Kier molecular flexibility index (Phi) is 6.97. The molecule has 1 saturated heterocycles. The number of carbonyl (C=O) groups is 1. The van der Waals surface area contributed by atoms with Crippen LogP contribution in [0, 0.1) is 5.92 Å². The lowest BCUT2D eigenvalue weighted by Crippen LogP contribution is -2.44. The molecule has 0 aromatic heterocycles. The number of halogens is 1. The summed E-state index contributed by atoms with van der Waals surface area (Å²) in [6, 6.07) is 0.173. The van der Waals surface area contributed by atoms with Crippen molar-refractivity contribution in [3.8, 4) is 0 Å². The number of nitrogens with zero attached hydrogens (tertiary/aromatic N) is 1. The third-order valence-corrected chi connectivity index (χ3v) is 3.39. The van der Waals surface area contributed by atoms with Crippen molar-refractivity contribution in [3.05, 3.63) is 0 Å². The minimum Gasteiger partial charge on any atom is -0.348 e. The highest BCUT2D eigenvalue weighted by Gasteiger charge is 2.26. The van der Waals surface area contributed by atoms with Crippen molar-refractivity contribution in [2.24, 2.45) is 5.92 Å². The van der Waals surface area contributed by atoms with Gasteiger partial charge in [-0.1, -0.05) is 13.8 Å². The van der Waals surface area contributed by atoms with Crippen LogP contribution >= 0.6 is 11.6 Å². The van der Waals surface area contributed by atoms with Crippen LogP contribution in [0.15, 0.2) is 0 Å². The van der Waals surface area contributed by atoms with E-state index < -0.39 is 0 Å². The lowest BCUT2D eigenvalue weighted by molar-refractivity contribution is -0.137. The highest BCUT2D eigenvalue weighted by molar-refractivity contribution is 6.27. The van der Waals surface area contributed by atoms with E-state index in [1.165, 1.54) is 0 Å². The van der Waals surface area contributed by atoms with Crippen LogP contribution in [0.25, 0.3) is 0 Å². The maximum Gasteiger partial charge on any atom is 0.237 e. The molecule has 1 rings (SSSR count). The summed E-state index contributed by atoms with van der Waals surface area (Å²) >= 11 is 5.67. The Morgan fingerprint density at radius 3 is 2.39 bits per heavy atom. The number of carbonyl (C=O) groups excluding carboxylic acids is 1. The Bertz CT molecular complexity index is 255. The number of hydrogen-bond acceptors (Lipinski definition) is 3. The second-order valence-electron chi connectivity index (χ2n) is 5.17. The zero-order chi connectivity index (χ0) is 13.5. The molecule has 0 aromatic carbocycles. The Balaban J connectivity index is 2.50. The smallest absolute Gasteiger partial charge is 0.237 e.